The standard InChI is InChI=1S/C11H8BrN3O2/c12-8-5-7(16)6-9(17)11(8)15-14-10-3-1-2-4-13-10/h1-6,16-17H. The number of phenolic OH excluding ortho intramolecular Hbond substituents is 2. The van der Waals surface area contributed by atoms with Crippen molar-refractivity contribution >= 4 is 27.4 Å². The molecule has 2 rings (SSSR count). The van der Waals surface area contributed by atoms with Crippen LogP contribution in [0.15, 0.2) is 51.2 Å². The first-order chi connectivity index (χ1) is 8.16. The number of rotatable bonds is 2. The summed E-state index contributed by atoms with van der Waals surface area (Å²) in [4.78, 5) is 3.96. The van der Waals surface area contributed by atoms with Crippen molar-refractivity contribution in [2.24, 2.45) is 10.2 Å². The Bertz CT molecular complexity index is 535. The summed E-state index contributed by atoms with van der Waals surface area (Å²) in [6.45, 7) is 0. The second kappa shape index (κ2) is 4.92. The molecule has 0 fully saturated rings. The normalized spacial score (nSPS) is 10.9. The van der Waals surface area contributed by atoms with Crippen LogP contribution in [0.3, 0.4) is 0 Å². The highest BCUT2D eigenvalue weighted by atomic mass is 79.9. The van der Waals surface area contributed by atoms with E-state index in [9.17, 15) is 10.2 Å². The summed E-state index contributed by atoms with van der Waals surface area (Å²) < 4.78 is 0.453. The molecule has 2 N–H and O–H groups in total. The van der Waals surface area contributed by atoms with Crippen molar-refractivity contribution in [1.82, 2.24) is 4.98 Å². The van der Waals surface area contributed by atoms with Crippen LogP contribution in [-0.2, 0) is 0 Å². The maximum Gasteiger partial charge on any atom is 0.174 e. The minimum atomic E-state index is -0.156. The zero-order valence-corrected chi connectivity index (χ0v) is 10.2. The summed E-state index contributed by atoms with van der Waals surface area (Å²) in [7, 11) is 0. The summed E-state index contributed by atoms with van der Waals surface area (Å²) in [5, 5.41) is 26.6. The molecular weight excluding hydrogens is 286 g/mol. The van der Waals surface area contributed by atoms with Crippen molar-refractivity contribution in [3.8, 4) is 11.5 Å². The quantitative estimate of drug-likeness (QED) is 0.829. The Balaban J connectivity index is 2.34. The van der Waals surface area contributed by atoms with Crippen LogP contribution in [0.25, 0.3) is 0 Å². The van der Waals surface area contributed by atoms with E-state index in [4.69, 9.17) is 0 Å². The van der Waals surface area contributed by atoms with Crippen molar-refractivity contribution < 1.29 is 10.2 Å². The lowest BCUT2D eigenvalue weighted by molar-refractivity contribution is 0.450. The molecule has 0 bridgehead atoms. The van der Waals surface area contributed by atoms with Gasteiger partial charge in [-0.2, -0.15) is 0 Å². The Hall–Kier alpha value is -1.95. The van der Waals surface area contributed by atoms with Crippen molar-refractivity contribution in [2.75, 3.05) is 0 Å². The van der Waals surface area contributed by atoms with Gasteiger partial charge in [0.05, 0.1) is 4.47 Å². The first-order valence-corrected chi connectivity index (χ1v) is 5.50. The summed E-state index contributed by atoms with van der Waals surface area (Å²) in [5.41, 5.74) is 0.244. The van der Waals surface area contributed by atoms with Crippen LogP contribution >= 0.6 is 15.9 Å². The number of azo groups is 1. The molecule has 86 valence electrons. The lowest BCUT2D eigenvalue weighted by Crippen LogP contribution is -1.73. The van der Waals surface area contributed by atoms with E-state index >= 15 is 0 Å². The number of aromatic nitrogens is 1. The fraction of sp³-hybridized carbons (Fsp3) is 0. The van der Waals surface area contributed by atoms with Crippen LogP contribution in [0.4, 0.5) is 11.5 Å². The molecule has 1 aromatic heterocycles. The van der Waals surface area contributed by atoms with Gasteiger partial charge < -0.3 is 10.2 Å². The monoisotopic (exact) mass is 293 g/mol. The van der Waals surface area contributed by atoms with Crippen LogP contribution in [0.2, 0.25) is 0 Å². The Kier molecular flexibility index (Phi) is 3.34. The lowest BCUT2D eigenvalue weighted by Gasteiger charge is -2.01. The Labute approximate surface area is 106 Å². The molecule has 0 aliphatic carbocycles. The van der Waals surface area contributed by atoms with Crippen LogP contribution in [0.1, 0.15) is 0 Å². The van der Waals surface area contributed by atoms with Crippen molar-refractivity contribution in [1.29, 1.82) is 0 Å². The average Bonchev–Trinajstić information content (AvgIpc) is 2.29. The average molecular weight is 294 g/mol. The van der Waals surface area contributed by atoms with Gasteiger partial charge in [0.1, 0.15) is 17.2 Å². The highest BCUT2D eigenvalue weighted by Crippen LogP contribution is 2.38. The number of phenols is 2. The summed E-state index contributed by atoms with van der Waals surface area (Å²) in [6.07, 6.45) is 1.60. The zero-order chi connectivity index (χ0) is 12.3. The largest absolute Gasteiger partial charge is 0.508 e. The van der Waals surface area contributed by atoms with Gasteiger partial charge in [-0.3, -0.25) is 0 Å². The number of hydrogen-bond donors (Lipinski definition) is 2. The molecule has 17 heavy (non-hydrogen) atoms. The smallest absolute Gasteiger partial charge is 0.174 e. The van der Waals surface area contributed by atoms with Gasteiger partial charge in [-0.25, -0.2) is 4.98 Å². The third kappa shape index (κ3) is 2.79. The van der Waals surface area contributed by atoms with Crippen LogP contribution in [-0.4, -0.2) is 15.2 Å². The first-order valence-electron chi connectivity index (χ1n) is 4.71. The topological polar surface area (TPSA) is 78.1 Å². The van der Waals surface area contributed by atoms with E-state index in [1.54, 1.807) is 24.4 Å². The first kappa shape index (κ1) is 11.5. The molecule has 0 aliphatic heterocycles. The third-order valence-electron chi connectivity index (χ3n) is 1.93. The Morgan fingerprint density at radius 1 is 1.12 bits per heavy atom. The molecule has 0 amide bonds. The molecule has 1 heterocycles. The zero-order valence-electron chi connectivity index (χ0n) is 8.58. The molecular formula is C11H8BrN3O2. The van der Waals surface area contributed by atoms with E-state index in [-0.39, 0.29) is 17.2 Å². The number of halogens is 1. The molecule has 0 radical (unpaired) electrons. The molecule has 6 heteroatoms. The van der Waals surface area contributed by atoms with E-state index in [0.29, 0.717) is 10.3 Å². The predicted octanol–water partition coefficient (Wildman–Crippen LogP) is 3.67. The molecule has 0 saturated heterocycles. The highest BCUT2D eigenvalue weighted by Gasteiger charge is 2.07. The molecule has 5 nitrogen and oxygen atoms in total. The molecule has 2 aromatic rings. The Morgan fingerprint density at radius 3 is 2.59 bits per heavy atom. The fourth-order valence-corrected chi connectivity index (χ4v) is 1.70. The molecule has 0 atom stereocenters. The Morgan fingerprint density at radius 2 is 1.94 bits per heavy atom. The van der Waals surface area contributed by atoms with Crippen LogP contribution in [0.5, 0.6) is 11.5 Å². The van der Waals surface area contributed by atoms with E-state index in [1.165, 1.54) is 12.1 Å². The molecule has 0 aliphatic rings. The fourth-order valence-electron chi connectivity index (χ4n) is 1.18. The summed E-state index contributed by atoms with van der Waals surface area (Å²) in [5.74, 6) is 0.231. The number of benzene rings is 1. The van der Waals surface area contributed by atoms with Crippen molar-refractivity contribution in [3.05, 3.63) is 41.0 Å². The van der Waals surface area contributed by atoms with Gasteiger partial charge >= 0.3 is 0 Å². The van der Waals surface area contributed by atoms with Crippen LogP contribution in [0, 0.1) is 0 Å². The van der Waals surface area contributed by atoms with Gasteiger partial charge in [-0.05, 0) is 34.1 Å². The van der Waals surface area contributed by atoms with Gasteiger partial charge in [0, 0.05) is 12.3 Å². The van der Waals surface area contributed by atoms with E-state index in [0.717, 1.165) is 0 Å². The minimum Gasteiger partial charge on any atom is -0.508 e. The van der Waals surface area contributed by atoms with E-state index in [1.807, 2.05) is 0 Å². The van der Waals surface area contributed by atoms with Gasteiger partial charge in [0.2, 0.25) is 0 Å². The molecule has 0 saturated carbocycles. The van der Waals surface area contributed by atoms with Gasteiger partial charge in [-0.1, -0.05) is 6.07 Å². The number of hydrogen-bond acceptors (Lipinski definition) is 5. The number of pyridine rings is 1. The highest BCUT2D eigenvalue weighted by molar-refractivity contribution is 9.10. The SMILES string of the molecule is Oc1cc(O)c(N=Nc2ccccn2)c(Br)c1. The maximum atomic E-state index is 9.59. The molecule has 0 spiro atoms. The van der Waals surface area contributed by atoms with E-state index in [2.05, 4.69) is 31.1 Å². The third-order valence-corrected chi connectivity index (χ3v) is 2.53. The summed E-state index contributed by atoms with van der Waals surface area (Å²) in [6, 6.07) is 7.86. The second-order valence-electron chi connectivity index (χ2n) is 3.18. The van der Waals surface area contributed by atoms with Gasteiger partial charge in [0.15, 0.2) is 5.82 Å². The number of nitrogens with zero attached hydrogens (tertiary/aromatic N) is 3. The summed E-state index contributed by atoms with van der Waals surface area (Å²) >= 11 is 3.18. The molecule has 0 unspecified atom stereocenters. The van der Waals surface area contributed by atoms with Crippen LogP contribution < -0.4 is 0 Å². The van der Waals surface area contributed by atoms with Crippen molar-refractivity contribution in [2.45, 2.75) is 0 Å². The minimum absolute atomic E-state index is 0.0499. The maximum absolute atomic E-state index is 9.59. The van der Waals surface area contributed by atoms with Gasteiger partial charge in [-0.15, -0.1) is 10.2 Å². The molecule has 1 aromatic carbocycles. The van der Waals surface area contributed by atoms with E-state index < -0.39 is 0 Å². The van der Waals surface area contributed by atoms with Crippen molar-refractivity contribution in [3.63, 3.8) is 0 Å². The predicted molar refractivity (Wildman–Crippen MR) is 65.9 cm³/mol. The second-order valence-corrected chi connectivity index (χ2v) is 4.04. The van der Waals surface area contributed by atoms with Gasteiger partial charge in [0.25, 0.3) is 0 Å². The lowest BCUT2D eigenvalue weighted by atomic mass is 10.3. The number of aromatic hydroxyl groups is 2.